The van der Waals surface area contributed by atoms with Gasteiger partial charge in [-0.2, -0.15) is 13.9 Å². The van der Waals surface area contributed by atoms with Crippen molar-refractivity contribution in [3.63, 3.8) is 0 Å². The third-order valence-electron chi connectivity index (χ3n) is 2.89. The Kier molecular flexibility index (Phi) is 4.68. The minimum atomic E-state index is -2.93. The lowest BCUT2D eigenvalue weighted by atomic mass is 10.1. The molecule has 108 valence electrons. The van der Waals surface area contributed by atoms with Crippen LogP contribution in [0.4, 0.5) is 8.78 Å². The van der Waals surface area contributed by atoms with E-state index in [1.165, 1.54) is 6.07 Å². The molecule has 2 aromatic rings. The minimum Gasteiger partial charge on any atom is -0.434 e. The van der Waals surface area contributed by atoms with Crippen LogP contribution in [0.2, 0.25) is 0 Å². The molecule has 2 rings (SSSR count). The van der Waals surface area contributed by atoms with Gasteiger partial charge in [0.2, 0.25) is 0 Å². The van der Waals surface area contributed by atoms with Crippen molar-refractivity contribution in [1.82, 2.24) is 9.78 Å². The molecule has 0 spiro atoms. The zero-order valence-electron chi connectivity index (χ0n) is 11.0. The van der Waals surface area contributed by atoms with Gasteiger partial charge in [0.1, 0.15) is 11.9 Å². The summed E-state index contributed by atoms with van der Waals surface area (Å²) in [6.07, 6.45) is 1.38. The Balaban J connectivity index is 2.32. The van der Waals surface area contributed by atoms with Gasteiger partial charge < -0.3 is 9.84 Å². The molecule has 1 N–H and O–H groups in total. The molecule has 0 saturated carbocycles. The number of benzene rings is 1. The first-order valence-corrected chi connectivity index (χ1v) is 6.37. The molecule has 1 unspecified atom stereocenters. The standard InChI is InChI=1S/C14H16F2N2O2/c1-2-9-18-11(7-8-17-18)13(19)10-5-3-4-6-12(10)20-14(15)16/h3-8,13-14,19H,2,9H2,1H3. The van der Waals surface area contributed by atoms with Crippen molar-refractivity contribution in [2.45, 2.75) is 32.6 Å². The van der Waals surface area contributed by atoms with Gasteiger partial charge in [0.15, 0.2) is 0 Å². The fraction of sp³-hybridized carbons (Fsp3) is 0.357. The summed E-state index contributed by atoms with van der Waals surface area (Å²) in [5.41, 5.74) is 0.850. The van der Waals surface area contributed by atoms with Gasteiger partial charge in [-0.15, -0.1) is 0 Å². The van der Waals surface area contributed by atoms with Gasteiger partial charge >= 0.3 is 6.61 Å². The average Bonchev–Trinajstić information content (AvgIpc) is 2.86. The number of aryl methyl sites for hydroxylation is 1. The van der Waals surface area contributed by atoms with Crippen molar-refractivity contribution in [3.05, 3.63) is 47.8 Å². The number of hydrogen-bond donors (Lipinski definition) is 1. The third-order valence-corrected chi connectivity index (χ3v) is 2.89. The van der Waals surface area contributed by atoms with Crippen molar-refractivity contribution < 1.29 is 18.6 Å². The first-order chi connectivity index (χ1) is 9.63. The lowest BCUT2D eigenvalue weighted by Gasteiger charge is -2.17. The molecule has 0 amide bonds. The van der Waals surface area contributed by atoms with E-state index in [2.05, 4.69) is 9.84 Å². The molecule has 1 atom stereocenters. The van der Waals surface area contributed by atoms with Gasteiger partial charge in [-0.05, 0) is 18.6 Å². The number of para-hydroxylation sites is 1. The minimum absolute atomic E-state index is 0.0285. The van der Waals surface area contributed by atoms with Crippen molar-refractivity contribution in [3.8, 4) is 5.75 Å². The van der Waals surface area contributed by atoms with E-state index in [4.69, 9.17) is 0 Å². The molecule has 0 radical (unpaired) electrons. The van der Waals surface area contributed by atoms with Crippen LogP contribution in [0, 0.1) is 0 Å². The molecule has 0 bridgehead atoms. The number of hydrogen-bond acceptors (Lipinski definition) is 3. The van der Waals surface area contributed by atoms with E-state index in [0.717, 1.165) is 6.42 Å². The highest BCUT2D eigenvalue weighted by molar-refractivity contribution is 5.38. The van der Waals surface area contributed by atoms with Crippen molar-refractivity contribution in [2.75, 3.05) is 0 Å². The van der Waals surface area contributed by atoms with Crippen molar-refractivity contribution in [1.29, 1.82) is 0 Å². The molecule has 0 aliphatic carbocycles. The number of aromatic nitrogens is 2. The average molecular weight is 282 g/mol. The highest BCUT2D eigenvalue weighted by Crippen LogP contribution is 2.30. The topological polar surface area (TPSA) is 47.3 Å². The molecule has 0 aliphatic heterocycles. The van der Waals surface area contributed by atoms with Gasteiger partial charge in [-0.1, -0.05) is 25.1 Å². The summed E-state index contributed by atoms with van der Waals surface area (Å²) in [7, 11) is 0. The van der Waals surface area contributed by atoms with Crippen LogP contribution in [-0.4, -0.2) is 21.5 Å². The Morgan fingerprint density at radius 2 is 2.05 bits per heavy atom. The summed E-state index contributed by atoms with van der Waals surface area (Å²) in [4.78, 5) is 0. The second kappa shape index (κ2) is 6.47. The van der Waals surface area contributed by atoms with Crippen molar-refractivity contribution in [2.24, 2.45) is 0 Å². The van der Waals surface area contributed by atoms with E-state index in [1.54, 1.807) is 35.1 Å². The van der Waals surface area contributed by atoms with Gasteiger partial charge in [-0.3, -0.25) is 4.68 Å². The largest absolute Gasteiger partial charge is 0.434 e. The molecular formula is C14H16F2N2O2. The quantitative estimate of drug-likeness (QED) is 0.886. The smallest absolute Gasteiger partial charge is 0.387 e. The van der Waals surface area contributed by atoms with Crippen LogP contribution < -0.4 is 4.74 Å². The molecule has 0 aliphatic rings. The summed E-state index contributed by atoms with van der Waals surface area (Å²) in [6, 6.07) is 7.88. The molecule has 20 heavy (non-hydrogen) atoms. The number of ether oxygens (including phenoxy) is 1. The number of nitrogens with zero attached hydrogens (tertiary/aromatic N) is 2. The zero-order valence-corrected chi connectivity index (χ0v) is 11.0. The number of rotatable bonds is 6. The summed E-state index contributed by atoms with van der Waals surface area (Å²) in [6.45, 7) is -0.285. The van der Waals surface area contributed by atoms with E-state index < -0.39 is 12.7 Å². The maximum Gasteiger partial charge on any atom is 0.387 e. The lowest BCUT2D eigenvalue weighted by molar-refractivity contribution is -0.0513. The van der Waals surface area contributed by atoms with Crippen LogP contribution in [-0.2, 0) is 6.54 Å². The fourth-order valence-electron chi connectivity index (χ4n) is 2.04. The third kappa shape index (κ3) is 3.14. The number of aliphatic hydroxyl groups excluding tert-OH is 1. The first-order valence-electron chi connectivity index (χ1n) is 6.37. The fourth-order valence-corrected chi connectivity index (χ4v) is 2.04. The van der Waals surface area contributed by atoms with Crippen LogP contribution in [0.15, 0.2) is 36.5 Å². The second-order valence-electron chi connectivity index (χ2n) is 4.30. The Hall–Kier alpha value is -1.95. The Bertz CT molecular complexity index is 558. The zero-order chi connectivity index (χ0) is 14.5. The maximum atomic E-state index is 12.4. The van der Waals surface area contributed by atoms with Gasteiger partial charge in [0.25, 0.3) is 0 Å². The van der Waals surface area contributed by atoms with E-state index in [1.807, 2.05) is 6.92 Å². The maximum absolute atomic E-state index is 12.4. The normalized spacial score (nSPS) is 12.7. The summed E-state index contributed by atoms with van der Waals surface area (Å²) < 4.78 is 30.9. The van der Waals surface area contributed by atoms with E-state index in [-0.39, 0.29) is 5.75 Å². The van der Waals surface area contributed by atoms with Gasteiger partial charge in [0, 0.05) is 18.3 Å². The Morgan fingerprint density at radius 3 is 2.75 bits per heavy atom. The van der Waals surface area contributed by atoms with Crippen LogP contribution in [0.1, 0.15) is 30.7 Å². The molecule has 4 nitrogen and oxygen atoms in total. The van der Waals surface area contributed by atoms with Crippen LogP contribution in [0.5, 0.6) is 5.75 Å². The van der Waals surface area contributed by atoms with Gasteiger partial charge in [0.05, 0.1) is 5.69 Å². The summed E-state index contributed by atoms with van der Waals surface area (Å²) >= 11 is 0. The predicted octanol–water partition coefficient (Wildman–Crippen LogP) is 2.98. The molecule has 1 heterocycles. The van der Waals surface area contributed by atoms with Crippen LogP contribution in [0.3, 0.4) is 0 Å². The highest BCUT2D eigenvalue weighted by Gasteiger charge is 2.20. The van der Waals surface area contributed by atoms with Gasteiger partial charge in [-0.25, -0.2) is 0 Å². The molecule has 6 heteroatoms. The Labute approximate surface area is 115 Å². The molecular weight excluding hydrogens is 266 g/mol. The van der Waals surface area contributed by atoms with E-state index >= 15 is 0 Å². The van der Waals surface area contributed by atoms with E-state index in [9.17, 15) is 13.9 Å². The molecule has 0 fully saturated rings. The van der Waals surface area contributed by atoms with Crippen molar-refractivity contribution >= 4 is 0 Å². The SMILES string of the molecule is CCCn1nccc1C(O)c1ccccc1OC(F)F. The summed E-state index contributed by atoms with van der Waals surface area (Å²) in [5, 5.41) is 14.5. The van der Waals surface area contributed by atoms with Crippen LogP contribution >= 0.6 is 0 Å². The van der Waals surface area contributed by atoms with Crippen LogP contribution in [0.25, 0.3) is 0 Å². The lowest BCUT2D eigenvalue weighted by Crippen LogP contribution is -2.12. The molecule has 0 saturated heterocycles. The number of aliphatic hydroxyl groups is 1. The highest BCUT2D eigenvalue weighted by atomic mass is 19.3. The Morgan fingerprint density at radius 1 is 1.30 bits per heavy atom. The molecule has 1 aromatic carbocycles. The molecule has 1 aromatic heterocycles. The van der Waals surface area contributed by atoms with E-state index in [0.29, 0.717) is 17.8 Å². The monoisotopic (exact) mass is 282 g/mol. The summed E-state index contributed by atoms with van der Waals surface area (Å²) in [5.74, 6) is -0.0285. The number of halogens is 2. The first kappa shape index (κ1) is 14.5. The predicted molar refractivity (Wildman–Crippen MR) is 69.7 cm³/mol. The second-order valence-corrected chi connectivity index (χ2v) is 4.30. The number of alkyl halides is 2.